The first kappa shape index (κ1) is 15.4. The summed E-state index contributed by atoms with van der Waals surface area (Å²) in [5.41, 5.74) is 9.53. The standard InChI is InChI=1S/C17H15N5O2/c1-10-5-7-11(8-6-10)14-15(16(18)22-20-14)21-19-13-4-2-3-12(9-13)17(23)24/h2-9H,1H3,(H,23,24)(H3,18,20,22). The molecule has 0 bridgehead atoms. The van der Waals surface area contributed by atoms with Crippen LogP contribution in [0.15, 0.2) is 58.8 Å². The van der Waals surface area contributed by atoms with Crippen molar-refractivity contribution in [1.82, 2.24) is 10.2 Å². The summed E-state index contributed by atoms with van der Waals surface area (Å²) in [6.07, 6.45) is 0. The van der Waals surface area contributed by atoms with Gasteiger partial charge in [0.25, 0.3) is 0 Å². The van der Waals surface area contributed by atoms with Crippen LogP contribution in [0.2, 0.25) is 0 Å². The van der Waals surface area contributed by atoms with Crippen LogP contribution in [0, 0.1) is 6.92 Å². The number of anilines is 1. The van der Waals surface area contributed by atoms with Crippen molar-refractivity contribution in [2.24, 2.45) is 10.2 Å². The number of aromatic carboxylic acids is 1. The minimum absolute atomic E-state index is 0.144. The van der Waals surface area contributed by atoms with E-state index < -0.39 is 5.97 Å². The number of carboxylic acid groups (broad SMARTS) is 1. The van der Waals surface area contributed by atoms with E-state index in [1.807, 2.05) is 31.2 Å². The molecule has 0 saturated heterocycles. The van der Waals surface area contributed by atoms with Crippen molar-refractivity contribution < 1.29 is 9.90 Å². The molecule has 3 rings (SSSR count). The number of rotatable bonds is 4. The van der Waals surface area contributed by atoms with Crippen molar-refractivity contribution in [2.75, 3.05) is 5.73 Å². The van der Waals surface area contributed by atoms with Gasteiger partial charge in [0.1, 0.15) is 0 Å². The quantitative estimate of drug-likeness (QED) is 0.627. The predicted octanol–water partition coefficient (Wildman–Crippen LogP) is 4.08. The van der Waals surface area contributed by atoms with E-state index in [-0.39, 0.29) is 11.4 Å². The molecule has 2 aromatic carbocycles. The third kappa shape index (κ3) is 3.14. The molecular formula is C17H15N5O2. The van der Waals surface area contributed by atoms with E-state index in [9.17, 15) is 4.79 Å². The number of aromatic amines is 1. The van der Waals surface area contributed by atoms with Crippen LogP contribution in [0.5, 0.6) is 0 Å². The molecular weight excluding hydrogens is 306 g/mol. The van der Waals surface area contributed by atoms with Gasteiger partial charge in [0.2, 0.25) is 0 Å². The minimum atomic E-state index is -1.02. The van der Waals surface area contributed by atoms with Crippen LogP contribution in [0.1, 0.15) is 15.9 Å². The maximum atomic E-state index is 11.0. The lowest BCUT2D eigenvalue weighted by Crippen LogP contribution is -1.94. The first-order valence-corrected chi connectivity index (χ1v) is 7.20. The van der Waals surface area contributed by atoms with E-state index in [1.165, 1.54) is 12.1 Å². The predicted molar refractivity (Wildman–Crippen MR) is 90.8 cm³/mol. The Morgan fingerprint density at radius 1 is 1.17 bits per heavy atom. The largest absolute Gasteiger partial charge is 0.478 e. The summed E-state index contributed by atoms with van der Waals surface area (Å²) in [6, 6.07) is 14.0. The molecule has 0 fully saturated rings. The van der Waals surface area contributed by atoms with Crippen molar-refractivity contribution in [3.8, 4) is 11.3 Å². The Morgan fingerprint density at radius 3 is 2.62 bits per heavy atom. The van der Waals surface area contributed by atoms with Gasteiger partial charge in [-0.15, -0.1) is 5.11 Å². The van der Waals surface area contributed by atoms with Gasteiger partial charge in [0.05, 0.1) is 16.9 Å². The highest BCUT2D eigenvalue weighted by Crippen LogP contribution is 2.34. The van der Waals surface area contributed by atoms with Crippen molar-refractivity contribution in [2.45, 2.75) is 6.92 Å². The monoisotopic (exact) mass is 321 g/mol. The molecule has 24 heavy (non-hydrogen) atoms. The van der Waals surface area contributed by atoms with Gasteiger partial charge in [-0.25, -0.2) is 4.79 Å². The van der Waals surface area contributed by atoms with Crippen LogP contribution in [-0.4, -0.2) is 21.3 Å². The zero-order chi connectivity index (χ0) is 17.1. The normalized spacial score (nSPS) is 11.0. The van der Waals surface area contributed by atoms with Gasteiger partial charge in [0, 0.05) is 5.56 Å². The number of carboxylic acids is 1. The number of nitrogen functional groups attached to an aromatic ring is 1. The summed E-state index contributed by atoms with van der Waals surface area (Å²) < 4.78 is 0. The van der Waals surface area contributed by atoms with Crippen LogP contribution in [0.3, 0.4) is 0 Å². The Bertz CT molecular complexity index is 913. The number of H-pyrrole nitrogens is 1. The number of aromatic nitrogens is 2. The highest BCUT2D eigenvalue weighted by molar-refractivity contribution is 5.88. The number of benzene rings is 2. The Morgan fingerprint density at radius 2 is 1.92 bits per heavy atom. The summed E-state index contributed by atoms with van der Waals surface area (Å²) in [6.45, 7) is 2.00. The molecule has 0 spiro atoms. The number of nitrogens with one attached hydrogen (secondary N) is 1. The van der Waals surface area contributed by atoms with E-state index in [2.05, 4.69) is 20.4 Å². The van der Waals surface area contributed by atoms with Gasteiger partial charge in [0.15, 0.2) is 11.5 Å². The first-order valence-electron chi connectivity index (χ1n) is 7.20. The molecule has 0 saturated carbocycles. The highest BCUT2D eigenvalue weighted by Gasteiger charge is 2.12. The summed E-state index contributed by atoms with van der Waals surface area (Å²) in [5, 5.41) is 24.1. The molecule has 120 valence electrons. The number of nitrogens with two attached hydrogens (primary N) is 1. The second-order valence-electron chi connectivity index (χ2n) is 5.25. The smallest absolute Gasteiger partial charge is 0.335 e. The molecule has 1 aromatic heterocycles. The Labute approximate surface area is 137 Å². The average molecular weight is 321 g/mol. The van der Waals surface area contributed by atoms with Crippen LogP contribution in [0.25, 0.3) is 11.3 Å². The summed E-state index contributed by atoms with van der Waals surface area (Å²) >= 11 is 0. The lowest BCUT2D eigenvalue weighted by Gasteiger charge is -2.00. The van der Waals surface area contributed by atoms with Gasteiger partial charge in [-0.05, 0) is 25.1 Å². The molecule has 7 nitrogen and oxygen atoms in total. The Balaban J connectivity index is 1.96. The fourth-order valence-corrected chi connectivity index (χ4v) is 2.18. The van der Waals surface area contributed by atoms with Crippen LogP contribution >= 0.6 is 0 Å². The molecule has 0 aliphatic heterocycles. The topological polar surface area (TPSA) is 117 Å². The van der Waals surface area contributed by atoms with E-state index in [0.717, 1.165) is 11.1 Å². The van der Waals surface area contributed by atoms with Crippen LogP contribution in [-0.2, 0) is 0 Å². The summed E-state index contributed by atoms with van der Waals surface area (Å²) in [4.78, 5) is 11.0. The third-order valence-electron chi connectivity index (χ3n) is 3.47. The zero-order valence-corrected chi connectivity index (χ0v) is 12.9. The SMILES string of the molecule is Cc1ccc(-c2[nH]nc(N)c2N=Nc2cccc(C(=O)O)c2)cc1. The number of nitrogens with zero attached hydrogens (tertiary/aromatic N) is 3. The molecule has 7 heteroatoms. The fourth-order valence-electron chi connectivity index (χ4n) is 2.18. The second kappa shape index (κ2) is 6.33. The number of azo groups is 1. The van der Waals surface area contributed by atoms with Crippen LogP contribution < -0.4 is 5.73 Å². The molecule has 0 radical (unpaired) electrons. The summed E-state index contributed by atoms with van der Waals surface area (Å²) in [7, 11) is 0. The summed E-state index contributed by atoms with van der Waals surface area (Å²) in [5.74, 6) is -0.793. The molecule has 0 unspecified atom stereocenters. The Hall–Kier alpha value is -3.48. The second-order valence-corrected chi connectivity index (χ2v) is 5.25. The molecule has 0 atom stereocenters. The van der Waals surface area contributed by atoms with E-state index in [1.54, 1.807) is 12.1 Å². The van der Waals surface area contributed by atoms with Gasteiger partial charge >= 0.3 is 5.97 Å². The molecule has 0 aliphatic rings. The lowest BCUT2D eigenvalue weighted by atomic mass is 10.1. The van der Waals surface area contributed by atoms with Gasteiger partial charge in [-0.2, -0.15) is 10.2 Å². The van der Waals surface area contributed by atoms with Crippen molar-refractivity contribution in [3.63, 3.8) is 0 Å². The molecule has 1 heterocycles. The van der Waals surface area contributed by atoms with Gasteiger partial charge in [-0.1, -0.05) is 35.9 Å². The molecule has 0 amide bonds. The zero-order valence-electron chi connectivity index (χ0n) is 12.9. The third-order valence-corrected chi connectivity index (χ3v) is 3.47. The van der Waals surface area contributed by atoms with Crippen LogP contribution in [0.4, 0.5) is 17.2 Å². The van der Waals surface area contributed by atoms with Crippen molar-refractivity contribution in [1.29, 1.82) is 0 Å². The molecule has 4 N–H and O–H groups in total. The lowest BCUT2D eigenvalue weighted by molar-refractivity contribution is 0.0697. The number of aryl methyl sites for hydroxylation is 1. The van der Waals surface area contributed by atoms with E-state index in [0.29, 0.717) is 17.1 Å². The molecule has 0 aliphatic carbocycles. The van der Waals surface area contributed by atoms with Gasteiger partial charge in [-0.3, -0.25) is 5.10 Å². The van der Waals surface area contributed by atoms with E-state index >= 15 is 0 Å². The minimum Gasteiger partial charge on any atom is -0.478 e. The Kier molecular flexibility index (Phi) is 4.07. The molecule has 3 aromatic rings. The van der Waals surface area contributed by atoms with Gasteiger partial charge < -0.3 is 10.8 Å². The maximum Gasteiger partial charge on any atom is 0.335 e. The number of hydrogen-bond acceptors (Lipinski definition) is 5. The van der Waals surface area contributed by atoms with Crippen molar-refractivity contribution >= 4 is 23.2 Å². The number of hydrogen-bond donors (Lipinski definition) is 3. The van der Waals surface area contributed by atoms with Crippen molar-refractivity contribution in [3.05, 3.63) is 59.7 Å². The fraction of sp³-hybridized carbons (Fsp3) is 0.0588. The first-order chi connectivity index (χ1) is 11.5. The van der Waals surface area contributed by atoms with E-state index in [4.69, 9.17) is 10.8 Å². The average Bonchev–Trinajstić information content (AvgIpc) is 2.95. The maximum absolute atomic E-state index is 11.0. The number of carbonyl (C=O) groups is 1. The highest BCUT2D eigenvalue weighted by atomic mass is 16.4.